The van der Waals surface area contributed by atoms with E-state index in [1.807, 2.05) is 24.3 Å². The summed E-state index contributed by atoms with van der Waals surface area (Å²) in [6.45, 7) is 0. The maximum Gasteiger partial charge on any atom is 0.160 e. The van der Waals surface area contributed by atoms with Gasteiger partial charge in [-0.05, 0) is 74.1 Å². The molecule has 0 radical (unpaired) electrons. The summed E-state index contributed by atoms with van der Waals surface area (Å²) in [6, 6.07) is 64.5. The number of furan rings is 1. The first-order valence-corrected chi connectivity index (χ1v) is 19.0. The maximum atomic E-state index is 6.36. The average molecular weight is 707 g/mol. The van der Waals surface area contributed by atoms with Gasteiger partial charge in [-0.3, -0.25) is 0 Å². The number of hydrogen-bond acceptors (Lipinski definition) is 4. The smallest absolute Gasteiger partial charge is 0.160 e. The van der Waals surface area contributed by atoms with Crippen molar-refractivity contribution < 1.29 is 4.42 Å². The van der Waals surface area contributed by atoms with Gasteiger partial charge in [-0.25, -0.2) is 9.97 Å². The molecule has 0 atom stereocenters. The first-order chi connectivity index (χ1) is 26.7. The monoisotopic (exact) mass is 706 g/mol. The molecule has 4 heteroatoms. The second-order valence-corrected chi connectivity index (χ2v) is 14.8. The van der Waals surface area contributed by atoms with Crippen molar-refractivity contribution in [3.63, 3.8) is 0 Å². The predicted octanol–water partition coefficient (Wildman–Crippen LogP) is 14.2. The quantitative estimate of drug-likeness (QED) is 0.167. The molecule has 0 bridgehead atoms. The molecule has 3 aromatic heterocycles. The van der Waals surface area contributed by atoms with Gasteiger partial charge >= 0.3 is 0 Å². The number of fused-ring (bicyclic) bond motifs is 6. The van der Waals surface area contributed by atoms with Gasteiger partial charge in [0, 0.05) is 36.7 Å². The minimum Gasteiger partial charge on any atom is -0.454 e. The summed E-state index contributed by atoms with van der Waals surface area (Å²) in [7, 11) is 0. The lowest BCUT2D eigenvalue weighted by atomic mass is 9.86. The van der Waals surface area contributed by atoms with Crippen molar-refractivity contribution in [1.29, 1.82) is 0 Å². The highest BCUT2D eigenvalue weighted by molar-refractivity contribution is 7.25. The third-order valence-corrected chi connectivity index (χ3v) is 11.6. The Labute approximate surface area is 315 Å². The zero-order valence-corrected chi connectivity index (χ0v) is 29.8. The molecule has 54 heavy (non-hydrogen) atoms. The lowest BCUT2D eigenvalue weighted by Crippen LogP contribution is -1.95. The second-order valence-electron chi connectivity index (χ2n) is 13.7. The predicted molar refractivity (Wildman–Crippen MR) is 227 cm³/mol. The number of rotatable bonds is 5. The normalized spacial score (nSPS) is 11.7. The van der Waals surface area contributed by atoms with Crippen LogP contribution in [0, 0.1) is 0 Å². The van der Waals surface area contributed by atoms with Gasteiger partial charge < -0.3 is 4.42 Å². The molecule has 0 amide bonds. The summed E-state index contributed by atoms with van der Waals surface area (Å²) in [5.74, 6) is 1.39. The van der Waals surface area contributed by atoms with Crippen LogP contribution in [0.5, 0.6) is 0 Å². The average Bonchev–Trinajstić information content (AvgIpc) is 3.85. The van der Waals surface area contributed by atoms with E-state index in [9.17, 15) is 0 Å². The van der Waals surface area contributed by atoms with E-state index in [0.717, 1.165) is 44.8 Å². The Hall–Kier alpha value is -6.88. The molecule has 0 spiro atoms. The maximum absolute atomic E-state index is 6.36. The van der Waals surface area contributed by atoms with Gasteiger partial charge in [0.25, 0.3) is 0 Å². The molecule has 3 nitrogen and oxygen atoms in total. The van der Waals surface area contributed by atoms with Gasteiger partial charge in [-0.1, -0.05) is 152 Å². The van der Waals surface area contributed by atoms with Gasteiger partial charge in [0.1, 0.15) is 11.3 Å². The molecule has 11 aromatic rings. The topological polar surface area (TPSA) is 38.9 Å². The van der Waals surface area contributed by atoms with Gasteiger partial charge in [0.05, 0.1) is 5.69 Å². The number of nitrogens with zero attached hydrogens (tertiary/aromatic N) is 2. The summed E-state index contributed by atoms with van der Waals surface area (Å²) in [5, 5.41) is 8.52. The molecule has 3 heterocycles. The molecule has 0 saturated carbocycles. The molecule has 11 rings (SSSR count). The van der Waals surface area contributed by atoms with E-state index in [2.05, 4.69) is 158 Å². The van der Waals surface area contributed by atoms with Crippen molar-refractivity contribution in [3.8, 4) is 56.4 Å². The van der Waals surface area contributed by atoms with E-state index in [-0.39, 0.29) is 0 Å². The van der Waals surface area contributed by atoms with Crippen LogP contribution in [0.15, 0.2) is 186 Å². The van der Waals surface area contributed by atoms with Crippen molar-refractivity contribution in [2.45, 2.75) is 0 Å². The summed E-state index contributed by atoms with van der Waals surface area (Å²) >= 11 is 1.80. The van der Waals surface area contributed by atoms with Crippen LogP contribution >= 0.6 is 11.3 Å². The molecule has 0 aliphatic rings. The highest BCUT2D eigenvalue weighted by Crippen LogP contribution is 2.44. The Morgan fingerprint density at radius 1 is 0.370 bits per heavy atom. The Morgan fingerprint density at radius 2 is 0.907 bits per heavy atom. The van der Waals surface area contributed by atoms with Gasteiger partial charge in [0.15, 0.2) is 11.6 Å². The number of thiophene rings is 1. The van der Waals surface area contributed by atoms with E-state index in [0.29, 0.717) is 5.82 Å². The fraction of sp³-hybridized carbons (Fsp3) is 0. The number of hydrogen-bond donors (Lipinski definition) is 0. The summed E-state index contributed by atoms with van der Waals surface area (Å²) in [6.07, 6.45) is 0. The first-order valence-electron chi connectivity index (χ1n) is 18.1. The Balaban J connectivity index is 1.07. The van der Waals surface area contributed by atoms with E-state index < -0.39 is 0 Å². The van der Waals surface area contributed by atoms with E-state index in [1.54, 1.807) is 11.3 Å². The highest BCUT2D eigenvalue weighted by Gasteiger charge is 2.18. The lowest BCUT2D eigenvalue weighted by molar-refractivity contribution is 0.628. The minimum atomic E-state index is 0.667. The fourth-order valence-electron chi connectivity index (χ4n) is 7.99. The van der Waals surface area contributed by atoms with Crippen LogP contribution in [0.4, 0.5) is 0 Å². The van der Waals surface area contributed by atoms with Crippen molar-refractivity contribution in [2.75, 3.05) is 0 Å². The largest absolute Gasteiger partial charge is 0.454 e. The van der Waals surface area contributed by atoms with Gasteiger partial charge in [-0.15, -0.1) is 11.3 Å². The van der Waals surface area contributed by atoms with Crippen LogP contribution in [0.25, 0.3) is 109 Å². The minimum absolute atomic E-state index is 0.667. The molecule has 252 valence electrons. The molecular formula is C50H30N2OS. The van der Waals surface area contributed by atoms with Crippen molar-refractivity contribution >= 4 is 64.0 Å². The van der Waals surface area contributed by atoms with Crippen LogP contribution in [0.3, 0.4) is 0 Å². The lowest BCUT2D eigenvalue weighted by Gasteiger charge is -2.18. The summed E-state index contributed by atoms with van der Waals surface area (Å²) in [5.41, 5.74) is 9.29. The molecule has 8 aromatic carbocycles. The molecule has 0 N–H and O–H groups in total. The van der Waals surface area contributed by atoms with Crippen LogP contribution < -0.4 is 0 Å². The van der Waals surface area contributed by atoms with Crippen molar-refractivity contribution in [2.24, 2.45) is 0 Å². The third kappa shape index (κ3) is 5.03. The number of para-hydroxylation sites is 1. The molecule has 0 aliphatic heterocycles. The molecular weight excluding hydrogens is 677 g/mol. The SMILES string of the molecule is c1ccc(-c2c3ccccc3c(-c3ccc(-c4cc(-c5cc6ccccc6o5)nc(-c5ccc6c(c5)sc5ccccc56)n4)cc3)c3ccccc23)cc1. The van der Waals surface area contributed by atoms with E-state index in [4.69, 9.17) is 14.4 Å². The van der Waals surface area contributed by atoms with Gasteiger partial charge in [0.2, 0.25) is 0 Å². The van der Waals surface area contributed by atoms with E-state index >= 15 is 0 Å². The Kier molecular flexibility index (Phi) is 7.04. The number of benzene rings is 8. The second kappa shape index (κ2) is 12.4. The van der Waals surface area contributed by atoms with Crippen LogP contribution in [-0.4, -0.2) is 9.97 Å². The molecule has 0 unspecified atom stereocenters. The van der Waals surface area contributed by atoms with Crippen molar-refractivity contribution in [3.05, 3.63) is 182 Å². The zero-order chi connectivity index (χ0) is 35.6. The first kappa shape index (κ1) is 30.7. The molecule has 0 fully saturated rings. The summed E-state index contributed by atoms with van der Waals surface area (Å²) in [4.78, 5) is 10.3. The number of aromatic nitrogens is 2. The third-order valence-electron chi connectivity index (χ3n) is 10.5. The highest BCUT2D eigenvalue weighted by atomic mass is 32.1. The zero-order valence-electron chi connectivity index (χ0n) is 29.0. The van der Waals surface area contributed by atoms with Crippen LogP contribution in [0.1, 0.15) is 0 Å². The Bertz CT molecular complexity index is 3120. The van der Waals surface area contributed by atoms with Crippen molar-refractivity contribution in [1.82, 2.24) is 9.97 Å². The Morgan fingerprint density at radius 3 is 1.61 bits per heavy atom. The standard InChI is InChI=1S/C50H30N2OS/c1-2-12-32(13-3-1)48-38-16-5-7-18-40(38)49(41-19-8-6-17-39(41)48)33-24-22-31(23-25-33)42-30-43(45-28-34-14-4-10-20-44(34)53-45)52-50(51-42)35-26-27-37-36-15-9-11-21-46(36)54-47(37)29-35/h1-30H. The van der Waals surface area contributed by atoms with Crippen LogP contribution in [0.2, 0.25) is 0 Å². The molecule has 0 aliphatic carbocycles. The van der Waals surface area contributed by atoms with E-state index in [1.165, 1.54) is 58.4 Å². The fourth-order valence-corrected chi connectivity index (χ4v) is 9.13. The molecule has 0 saturated heterocycles. The van der Waals surface area contributed by atoms with Gasteiger partial charge in [-0.2, -0.15) is 0 Å². The summed E-state index contributed by atoms with van der Waals surface area (Å²) < 4.78 is 8.85. The van der Waals surface area contributed by atoms with Crippen LogP contribution in [-0.2, 0) is 0 Å².